The molecule has 0 spiro atoms. The van der Waals surface area contributed by atoms with E-state index in [0.717, 1.165) is 12.3 Å². The molecule has 0 saturated carbocycles. The fourth-order valence-electron chi connectivity index (χ4n) is 1.85. The summed E-state index contributed by atoms with van der Waals surface area (Å²) in [6.45, 7) is 3.13. The summed E-state index contributed by atoms with van der Waals surface area (Å²) in [7, 11) is 1.96. The number of para-hydroxylation sites is 1. The summed E-state index contributed by atoms with van der Waals surface area (Å²) in [6, 6.07) is 8.28. The molecule has 2 nitrogen and oxygen atoms in total. The second kappa shape index (κ2) is 3.38. The highest BCUT2D eigenvalue weighted by atomic mass is 16.5. The summed E-state index contributed by atoms with van der Waals surface area (Å²) in [4.78, 5) is 0. The summed E-state index contributed by atoms with van der Waals surface area (Å²) in [5.41, 5.74) is 1.34. The van der Waals surface area contributed by atoms with Gasteiger partial charge in [0.15, 0.2) is 0 Å². The van der Waals surface area contributed by atoms with E-state index < -0.39 is 0 Å². The van der Waals surface area contributed by atoms with E-state index in [1.165, 1.54) is 5.56 Å². The van der Waals surface area contributed by atoms with Crippen molar-refractivity contribution in [2.24, 2.45) is 0 Å². The summed E-state index contributed by atoms with van der Waals surface area (Å²) in [5.74, 6) is 1.55. The smallest absolute Gasteiger partial charge is 0.123 e. The number of hydrogen-bond donors (Lipinski definition) is 1. The highest BCUT2D eigenvalue weighted by Gasteiger charge is 2.29. The van der Waals surface area contributed by atoms with Crippen LogP contribution in [0.5, 0.6) is 5.75 Å². The highest BCUT2D eigenvalue weighted by Crippen LogP contribution is 2.37. The molecule has 0 amide bonds. The lowest BCUT2D eigenvalue weighted by atomic mass is 9.98. The predicted octanol–water partition coefficient (Wildman–Crippen LogP) is 1.77. The maximum absolute atomic E-state index is 5.80. The third-order valence-corrected chi connectivity index (χ3v) is 2.65. The molecule has 13 heavy (non-hydrogen) atoms. The topological polar surface area (TPSA) is 21.3 Å². The van der Waals surface area contributed by atoms with Crippen LogP contribution in [0.4, 0.5) is 0 Å². The van der Waals surface area contributed by atoms with Crippen molar-refractivity contribution < 1.29 is 4.74 Å². The van der Waals surface area contributed by atoms with E-state index >= 15 is 0 Å². The van der Waals surface area contributed by atoms with Crippen LogP contribution >= 0.6 is 0 Å². The first-order chi connectivity index (χ1) is 6.33. The lowest BCUT2D eigenvalue weighted by Crippen LogP contribution is -2.29. The van der Waals surface area contributed by atoms with Crippen LogP contribution in [0.3, 0.4) is 0 Å². The molecular weight excluding hydrogens is 162 g/mol. The van der Waals surface area contributed by atoms with Gasteiger partial charge in [0.25, 0.3) is 0 Å². The van der Waals surface area contributed by atoms with Crippen molar-refractivity contribution in [1.82, 2.24) is 5.32 Å². The molecule has 1 heterocycles. The monoisotopic (exact) mass is 177 g/mol. The SMILES string of the molecule is CNCC1Oc2ccccc2C1C. The van der Waals surface area contributed by atoms with Crippen LogP contribution in [0.2, 0.25) is 0 Å². The van der Waals surface area contributed by atoms with Gasteiger partial charge in [-0.1, -0.05) is 25.1 Å². The van der Waals surface area contributed by atoms with E-state index in [-0.39, 0.29) is 0 Å². The van der Waals surface area contributed by atoms with Crippen molar-refractivity contribution in [2.45, 2.75) is 18.9 Å². The van der Waals surface area contributed by atoms with Crippen LogP contribution in [0.1, 0.15) is 18.4 Å². The van der Waals surface area contributed by atoms with Gasteiger partial charge in [-0.05, 0) is 13.1 Å². The van der Waals surface area contributed by atoms with Gasteiger partial charge in [0.05, 0.1) is 0 Å². The standard InChI is InChI=1S/C11H15NO/c1-8-9-5-3-4-6-10(9)13-11(8)7-12-2/h3-6,8,11-12H,7H2,1-2H3. The van der Waals surface area contributed by atoms with Crippen LogP contribution in [0.15, 0.2) is 24.3 Å². The third kappa shape index (κ3) is 1.42. The minimum atomic E-state index is 0.294. The van der Waals surface area contributed by atoms with E-state index in [0.29, 0.717) is 12.0 Å². The normalized spacial score (nSPS) is 25.4. The number of nitrogens with one attached hydrogen (secondary N) is 1. The Balaban J connectivity index is 2.22. The molecule has 0 radical (unpaired) electrons. The van der Waals surface area contributed by atoms with Gasteiger partial charge in [-0.15, -0.1) is 0 Å². The van der Waals surface area contributed by atoms with Gasteiger partial charge < -0.3 is 10.1 Å². The zero-order valence-corrected chi connectivity index (χ0v) is 8.08. The molecule has 70 valence electrons. The first kappa shape index (κ1) is 8.57. The van der Waals surface area contributed by atoms with Crippen molar-refractivity contribution >= 4 is 0 Å². The fraction of sp³-hybridized carbons (Fsp3) is 0.455. The Morgan fingerprint density at radius 1 is 1.38 bits per heavy atom. The molecule has 2 unspecified atom stereocenters. The van der Waals surface area contributed by atoms with Crippen molar-refractivity contribution in [3.8, 4) is 5.75 Å². The Kier molecular flexibility index (Phi) is 2.23. The van der Waals surface area contributed by atoms with E-state index in [1.54, 1.807) is 0 Å². The van der Waals surface area contributed by atoms with Crippen LogP contribution in [0.25, 0.3) is 0 Å². The number of ether oxygens (including phenoxy) is 1. The van der Waals surface area contributed by atoms with Gasteiger partial charge in [-0.2, -0.15) is 0 Å². The van der Waals surface area contributed by atoms with E-state index in [1.807, 2.05) is 19.2 Å². The molecule has 0 aliphatic carbocycles. The van der Waals surface area contributed by atoms with E-state index in [9.17, 15) is 0 Å². The minimum absolute atomic E-state index is 0.294. The van der Waals surface area contributed by atoms with Gasteiger partial charge in [-0.25, -0.2) is 0 Å². The maximum atomic E-state index is 5.80. The summed E-state index contributed by atoms with van der Waals surface area (Å²) < 4.78 is 5.80. The minimum Gasteiger partial charge on any atom is -0.488 e. The largest absolute Gasteiger partial charge is 0.488 e. The van der Waals surface area contributed by atoms with Crippen LogP contribution in [-0.4, -0.2) is 19.7 Å². The van der Waals surface area contributed by atoms with Gasteiger partial charge >= 0.3 is 0 Å². The molecule has 0 aromatic heterocycles. The summed E-state index contributed by atoms with van der Waals surface area (Å²) in [5, 5.41) is 3.15. The molecule has 2 rings (SSSR count). The Morgan fingerprint density at radius 3 is 2.85 bits per heavy atom. The lowest BCUT2D eigenvalue weighted by Gasteiger charge is -2.14. The van der Waals surface area contributed by atoms with Crippen LogP contribution in [-0.2, 0) is 0 Å². The van der Waals surface area contributed by atoms with Gasteiger partial charge in [0.1, 0.15) is 11.9 Å². The van der Waals surface area contributed by atoms with E-state index in [2.05, 4.69) is 24.4 Å². The van der Waals surface area contributed by atoms with E-state index in [4.69, 9.17) is 4.74 Å². The summed E-state index contributed by atoms with van der Waals surface area (Å²) in [6.07, 6.45) is 0.294. The molecular formula is C11H15NO. The average Bonchev–Trinajstić information content (AvgIpc) is 2.46. The molecule has 1 aromatic rings. The maximum Gasteiger partial charge on any atom is 0.123 e. The highest BCUT2D eigenvalue weighted by molar-refractivity contribution is 5.40. The van der Waals surface area contributed by atoms with Crippen molar-refractivity contribution in [3.63, 3.8) is 0 Å². The first-order valence-electron chi connectivity index (χ1n) is 4.73. The molecule has 1 aromatic carbocycles. The predicted molar refractivity (Wildman–Crippen MR) is 53.2 cm³/mol. The van der Waals surface area contributed by atoms with Gasteiger partial charge in [0, 0.05) is 18.0 Å². The van der Waals surface area contributed by atoms with Crippen LogP contribution < -0.4 is 10.1 Å². The Morgan fingerprint density at radius 2 is 2.15 bits per heavy atom. The lowest BCUT2D eigenvalue weighted by molar-refractivity contribution is 0.210. The third-order valence-electron chi connectivity index (χ3n) is 2.65. The number of hydrogen-bond acceptors (Lipinski definition) is 2. The molecule has 0 fully saturated rings. The fourth-order valence-corrected chi connectivity index (χ4v) is 1.85. The first-order valence-corrected chi connectivity index (χ1v) is 4.73. The van der Waals surface area contributed by atoms with Gasteiger partial charge in [0.2, 0.25) is 0 Å². The molecule has 1 N–H and O–H groups in total. The molecule has 2 heteroatoms. The Bertz CT molecular complexity index is 298. The van der Waals surface area contributed by atoms with Crippen molar-refractivity contribution in [3.05, 3.63) is 29.8 Å². The second-order valence-corrected chi connectivity index (χ2v) is 3.54. The number of fused-ring (bicyclic) bond motifs is 1. The molecule has 2 atom stereocenters. The zero-order chi connectivity index (χ0) is 9.26. The van der Waals surface area contributed by atoms with Crippen molar-refractivity contribution in [2.75, 3.05) is 13.6 Å². The molecule has 1 aliphatic rings. The molecule has 0 saturated heterocycles. The average molecular weight is 177 g/mol. The van der Waals surface area contributed by atoms with Crippen LogP contribution in [0, 0.1) is 0 Å². The Hall–Kier alpha value is -1.02. The number of benzene rings is 1. The van der Waals surface area contributed by atoms with Crippen molar-refractivity contribution in [1.29, 1.82) is 0 Å². The number of likely N-dealkylation sites (N-methyl/N-ethyl adjacent to an activating group) is 1. The molecule has 1 aliphatic heterocycles. The van der Waals surface area contributed by atoms with Gasteiger partial charge in [-0.3, -0.25) is 0 Å². The Labute approximate surface area is 78.9 Å². The summed E-state index contributed by atoms with van der Waals surface area (Å²) >= 11 is 0. The second-order valence-electron chi connectivity index (χ2n) is 3.54. The zero-order valence-electron chi connectivity index (χ0n) is 8.08. The number of rotatable bonds is 2. The molecule has 0 bridgehead atoms. The quantitative estimate of drug-likeness (QED) is 0.743.